The molecular weight excluding hydrogens is 451 g/mol. The number of nitrogens with zero attached hydrogens (tertiary/aromatic N) is 4. The first-order valence-electron chi connectivity index (χ1n) is 10.7. The number of ether oxygens (including phenoxy) is 2. The first-order chi connectivity index (χ1) is 16.1. The Kier molecular flexibility index (Phi) is 6.56. The topological polar surface area (TPSA) is 83.0 Å². The van der Waals surface area contributed by atoms with Gasteiger partial charge in [0.05, 0.1) is 13.5 Å². The fourth-order valence-electron chi connectivity index (χ4n) is 3.93. The zero-order valence-corrected chi connectivity index (χ0v) is 19.1. The summed E-state index contributed by atoms with van der Waals surface area (Å²) in [6.45, 7) is 1.08. The third kappa shape index (κ3) is 5.53. The van der Waals surface area contributed by atoms with Crippen molar-refractivity contribution in [1.82, 2.24) is 19.8 Å². The van der Waals surface area contributed by atoms with E-state index in [1.165, 1.54) is 7.11 Å². The highest BCUT2D eigenvalue weighted by Crippen LogP contribution is 2.32. The van der Waals surface area contributed by atoms with Crippen LogP contribution in [-0.2, 0) is 6.54 Å². The number of aliphatic hydroxyl groups excluding tert-OH is 1. The summed E-state index contributed by atoms with van der Waals surface area (Å²) < 4.78 is 50.0. The predicted octanol–water partition coefficient (Wildman–Crippen LogP) is 4.10. The third-order valence-corrected chi connectivity index (χ3v) is 5.52. The van der Waals surface area contributed by atoms with Gasteiger partial charge < -0.3 is 24.8 Å². The van der Waals surface area contributed by atoms with Crippen LogP contribution in [0.2, 0.25) is 0 Å². The van der Waals surface area contributed by atoms with Crippen molar-refractivity contribution in [2.24, 2.45) is 0 Å². The second kappa shape index (κ2) is 9.41. The number of allylic oxidation sites excluding steroid dienone is 2. The molecule has 2 N–H and O–H groups in total. The fourth-order valence-corrected chi connectivity index (χ4v) is 3.93. The van der Waals surface area contributed by atoms with E-state index in [1.54, 1.807) is 48.2 Å². The molecule has 4 rings (SSSR count). The van der Waals surface area contributed by atoms with Crippen LogP contribution in [0.25, 0.3) is 5.57 Å². The van der Waals surface area contributed by atoms with Crippen molar-refractivity contribution < 1.29 is 27.8 Å². The van der Waals surface area contributed by atoms with Crippen molar-refractivity contribution in [3.05, 3.63) is 53.4 Å². The summed E-state index contributed by atoms with van der Waals surface area (Å²) in [5, 5.41) is 12.8. The molecule has 0 bridgehead atoms. The molecule has 0 aromatic carbocycles. The predicted molar refractivity (Wildman–Crippen MR) is 121 cm³/mol. The van der Waals surface area contributed by atoms with Crippen LogP contribution >= 0.6 is 0 Å². The van der Waals surface area contributed by atoms with Crippen LogP contribution in [0.15, 0.2) is 42.3 Å². The van der Waals surface area contributed by atoms with Crippen molar-refractivity contribution in [1.29, 1.82) is 0 Å². The van der Waals surface area contributed by atoms with E-state index in [0.29, 0.717) is 36.2 Å². The molecule has 0 amide bonds. The molecule has 2 aromatic heterocycles. The Bertz CT molecular complexity index is 1120. The van der Waals surface area contributed by atoms with E-state index in [1.807, 2.05) is 12.1 Å². The first kappa shape index (κ1) is 23.7. The summed E-state index contributed by atoms with van der Waals surface area (Å²) in [6, 6.07) is 7.11. The maximum Gasteiger partial charge on any atom is 0.392 e. The number of halogens is 3. The first-order valence-corrected chi connectivity index (χ1v) is 10.7. The van der Waals surface area contributed by atoms with Gasteiger partial charge in [-0.05, 0) is 43.0 Å². The minimum Gasteiger partial charge on any atom is -0.495 e. The molecule has 0 aliphatic carbocycles. The van der Waals surface area contributed by atoms with Crippen LogP contribution in [0.1, 0.15) is 17.5 Å². The summed E-state index contributed by atoms with van der Waals surface area (Å²) >= 11 is 0. The van der Waals surface area contributed by atoms with Crippen molar-refractivity contribution >= 4 is 17.2 Å². The number of rotatable bonds is 5. The Balaban J connectivity index is 1.55. The summed E-state index contributed by atoms with van der Waals surface area (Å²) in [6.07, 6.45) is -3.00. The Hall–Kier alpha value is -3.47. The zero-order chi connectivity index (χ0) is 24.5. The Morgan fingerprint density at radius 1 is 1.12 bits per heavy atom. The molecule has 1 atom stereocenters. The zero-order valence-electron chi connectivity index (χ0n) is 19.1. The number of alkyl halides is 3. The molecule has 0 spiro atoms. The molecule has 34 heavy (non-hydrogen) atoms. The summed E-state index contributed by atoms with van der Waals surface area (Å²) in [5.41, 5.74) is 2.41. The molecule has 1 unspecified atom stereocenters. The molecule has 4 heterocycles. The van der Waals surface area contributed by atoms with Crippen LogP contribution in [0.4, 0.5) is 24.8 Å². The Labute approximate surface area is 195 Å². The number of aromatic nitrogens is 2. The number of hydrogen-bond donors (Lipinski definition) is 2. The van der Waals surface area contributed by atoms with Crippen LogP contribution < -0.4 is 14.8 Å². The highest BCUT2D eigenvalue weighted by molar-refractivity contribution is 5.74. The van der Waals surface area contributed by atoms with Crippen molar-refractivity contribution in [2.45, 2.75) is 25.2 Å². The standard InChI is InChI=1S/C23H26F3N5O3/c1-30-11-15-4-7-18(28-21(15)34-16(13-30)10-23(24,25)26)27-19-8-6-17(22(29-19)33-3)14-5-9-20(32)31(2)12-14/h4-9,16,32H,10-13H2,1-3H3,(H,27,28,29). The van der Waals surface area contributed by atoms with Crippen LogP contribution in [-0.4, -0.2) is 71.4 Å². The summed E-state index contributed by atoms with van der Waals surface area (Å²) in [7, 11) is 5.04. The van der Waals surface area contributed by atoms with E-state index in [9.17, 15) is 18.3 Å². The van der Waals surface area contributed by atoms with Gasteiger partial charge in [-0.1, -0.05) is 6.08 Å². The minimum atomic E-state index is -4.33. The second-order valence-corrected chi connectivity index (χ2v) is 8.37. The second-order valence-electron chi connectivity index (χ2n) is 8.37. The number of aliphatic hydroxyl groups is 1. The number of likely N-dealkylation sites (N-methyl/N-ethyl adjacent to an activating group) is 2. The maximum absolute atomic E-state index is 12.9. The van der Waals surface area contributed by atoms with Crippen molar-refractivity contribution in [3.8, 4) is 11.8 Å². The molecule has 0 radical (unpaired) electrons. The monoisotopic (exact) mass is 477 g/mol. The van der Waals surface area contributed by atoms with Gasteiger partial charge in [0, 0.05) is 37.8 Å². The molecule has 0 saturated carbocycles. The van der Waals surface area contributed by atoms with Crippen LogP contribution in [0.5, 0.6) is 11.8 Å². The lowest BCUT2D eigenvalue weighted by molar-refractivity contribution is -0.151. The molecule has 2 aromatic rings. The lowest BCUT2D eigenvalue weighted by Crippen LogP contribution is -2.34. The Morgan fingerprint density at radius 3 is 2.56 bits per heavy atom. The SMILES string of the molecule is COc1nc(Nc2ccc3c(n2)OC(CC(F)(F)F)CN(C)C3)ccc1C1=CC=C(O)N(C)C1. The van der Waals surface area contributed by atoms with Crippen molar-refractivity contribution in [3.63, 3.8) is 0 Å². The fraction of sp³-hybridized carbons (Fsp3) is 0.391. The minimum absolute atomic E-state index is 0.150. The molecular formula is C23H26F3N5O3. The number of methoxy groups -OCH3 is 1. The van der Waals surface area contributed by atoms with E-state index in [-0.39, 0.29) is 18.3 Å². The van der Waals surface area contributed by atoms with Gasteiger partial charge in [-0.15, -0.1) is 0 Å². The largest absolute Gasteiger partial charge is 0.495 e. The highest BCUT2D eigenvalue weighted by atomic mass is 19.4. The van der Waals surface area contributed by atoms with E-state index in [4.69, 9.17) is 9.47 Å². The number of hydrogen-bond acceptors (Lipinski definition) is 8. The van der Waals surface area contributed by atoms with Crippen LogP contribution in [0, 0.1) is 0 Å². The molecule has 0 saturated heterocycles. The molecule has 8 nitrogen and oxygen atoms in total. The molecule has 0 fully saturated rings. The van der Waals surface area contributed by atoms with Gasteiger partial charge in [0.25, 0.3) is 0 Å². The lowest BCUT2D eigenvalue weighted by atomic mass is 10.0. The number of nitrogens with one attached hydrogen (secondary N) is 1. The number of pyridine rings is 2. The quantitative estimate of drug-likeness (QED) is 0.666. The van der Waals surface area contributed by atoms with E-state index >= 15 is 0 Å². The van der Waals surface area contributed by atoms with Gasteiger partial charge in [0.2, 0.25) is 11.8 Å². The highest BCUT2D eigenvalue weighted by Gasteiger charge is 2.35. The normalized spacial score (nSPS) is 18.9. The van der Waals surface area contributed by atoms with E-state index in [0.717, 1.165) is 11.1 Å². The van der Waals surface area contributed by atoms with E-state index < -0.39 is 18.7 Å². The molecule has 11 heteroatoms. The summed E-state index contributed by atoms with van der Waals surface area (Å²) in [5.74, 6) is 1.58. The third-order valence-electron chi connectivity index (χ3n) is 5.52. The smallest absolute Gasteiger partial charge is 0.392 e. The number of fused-ring (bicyclic) bond motifs is 1. The Morgan fingerprint density at radius 2 is 1.85 bits per heavy atom. The van der Waals surface area contributed by atoms with Crippen LogP contribution in [0.3, 0.4) is 0 Å². The van der Waals surface area contributed by atoms with Gasteiger partial charge in [0.15, 0.2) is 5.88 Å². The average molecular weight is 477 g/mol. The molecule has 2 aliphatic heterocycles. The van der Waals surface area contributed by atoms with Gasteiger partial charge in [-0.3, -0.25) is 4.90 Å². The van der Waals surface area contributed by atoms with Gasteiger partial charge in [0.1, 0.15) is 17.7 Å². The van der Waals surface area contributed by atoms with Gasteiger partial charge >= 0.3 is 6.18 Å². The van der Waals surface area contributed by atoms with Crippen molar-refractivity contribution in [2.75, 3.05) is 39.6 Å². The van der Waals surface area contributed by atoms with E-state index in [2.05, 4.69) is 15.3 Å². The van der Waals surface area contributed by atoms with Gasteiger partial charge in [-0.2, -0.15) is 23.1 Å². The average Bonchev–Trinajstić information content (AvgIpc) is 2.91. The summed E-state index contributed by atoms with van der Waals surface area (Å²) in [4.78, 5) is 12.4. The maximum atomic E-state index is 12.9. The molecule has 182 valence electrons. The lowest BCUT2D eigenvalue weighted by Gasteiger charge is -2.24. The number of anilines is 2. The molecule has 2 aliphatic rings. The van der Waals surface area contributed by atoms with Gasteiger partial charge in [-0.25, -0.2) is 0 Å².